The topological polar surface area (TPSA) is 104 Å². The van der Waals surface area contributed by atoms with Gasteiger partial charge in [-0.15, -0.1) is 0 Å². The van der Waals surface area contributed by atoms with Gasteiger partial charge in [0.1, 0.15) is 6.10 Å². The van der Waals surface area contributed by atoms with Crippen LogP contribution in [0.2, 0.25) is 0 Å². The summed E-state index contributed by atoms with van der Waals surface area (Å²) in [7, 11) is 0. The Morgan fingerprint density at radius 3 is 2.26 bits per heavy atom. The number of rotatable bonds is 6. The van der Waals surface area contributed by atoms with E-state index in [4.69, 9.17) is 4.74 Å². The minimum absolute atomic E-state index is 0.0146. The Balaban J connectivity index is 1.40. The van der Waals surface area contributed by atoms with Crippen molar-refractivity contribution in [2.75, 3.05) is 0 Å². The molecule has 2 aromatic rings. The maximum absolute atomic E-state index is 13.2. The normalized spacial score (nSPS) is 39.0. The molecular weight excluding hydrogens is 588 g/mol. The second-order valence-corrected chi connectivity index (χ2v) is 16.4. The third kappa shape index (κ3) is 5.38. The van der Waals surface area contributed by atoms with E-state index in [1.54, 1.807) is 0 Å². The van der Waals surface area contributed by atoms with E-state index in [1.807, 2.05) is 12.1 Å². The molecule has 0 spiro atoms. The zero-order valence-corrected chi connectivity index (χ0v) is 29.3. The molecule has 0 saturated heterocycles. The summed E-state index contributed by atoms with van der Waals surface area (Å²) >= 11 is 0. The van der Waals surface area contributed by atoms with Gasteiger partial charge in [0.15, 0.2) is 0 Å². The molecule has 0 aliphatic heterocycles. The molecule has 6 nitrogen and oxygen atoms in total. The number of carbonyl (C=O) groups excluding carboxylic acids is 1. The first-order valence-electron chi connectivity index (χ1n) is 17.8. The van der Waals surface area contributed by atoms with E-state index in [9.17, 15) is 24.9 Å². The lowest BCUT2D eigenvalue weighted by molar-refractivity contribution is -0.234. The minimum Gasteiger partial charge on any atom is -0.478 e. The molecule has 0 radical (unpaired) electrons. The van der Waals surface area contributed by atoms with Crippen LogP contribution >= 0.6 is 0 Å². The molecule has 6 heteroatoms. The van der Waals surface area contributed by atoms with Crippen molar-refractivity contribution < 1.29 is 29.6 Å². The standard InChI is InChI=1S/C41H54O6/c1-23(2)29(28-13-12-26-10-8-9-11-27(26)20-28)14-15-30(38(45)46)36-32-21-34(44)37-39(5)18-17-33(43)24(3)31(39)16-19-40(37,6)41(32,7)22-35(36)47-25(4)42/h8-13,20,24,31-35,37,43-44H,14-19,21-22H2,1-7H3,(H,45,46)/t24-,31?,32+,33+,34+,35-,37+,39-,40-,41-/m0/s1. The predicted molar refractivity (Wildman–Crippen MR) is 185 cm³/mol. The van der Waals surface area contributed by atoms with Crippen molar-refractivity contribution in [3.05, 3.63) is 64.7 Å². The maximum atomic E-state index is 13.2. The largest absolute Gasteiger partial charge is 0.478 e. The SMILES string of the molecule is CC(=O)O[C@H]1C[C@@]2(C)[C@H](C[C@@H](O)[C@@H]3[C@@]4(C)CC[C@@H](O)[C@@H](C)C4CC[C@@]32C)C1=C(CCC(=C(C)C)c1ccc2ccccc2c1)C(=O)O. The molecule has 4 aliphatic carbocycles. The highest BCUT2D eigenvalue weighted by Gasteiger charge is 2.70. The molecule has 4 saturated carbocycles. The monoisotopic (exact) mass is 642 g/mol. The van der Waals surface area contributed by atoms with Gasteiger partial charge in [-0.1, -0.05) is 69.7 Å². The van der Waals surface area contributed by atoms with Gasteiger partial charge in [0.25, 0.3) is 0 Å². The van der Waals surface area contributed by atoms with Crippen LogP contribution in [-0.4, -0.2) is 45.6 Å². The second kappa shape index (κ2) is 12.2. The summed E-state index contributed by atoms with van der Waals surface area (Å²) < 4.78 is 6.04. The van der Waals surface area contributed by atoms with Gasteiger partial charge in [-0.3, -0.25) is 4.79 Å². The number of aliphatic carboxylic acids is 1. The van der Waals surface area contributed by atoms with Crippen molar-refractivity contribution in [3.63, 3.8) is 0 Å². The molecule has 254 valence electrons. The van der Waals surface area contributed by atoms with Gasteiger partial charge in [0, 0.05) is 12.5 Å². The van der Waals surface area contributed by atoms with Gasteiger partial charge in [-0.05, 0) is 139 Å². The van der Waals surface area contributed by atoms with Crippen LogP contribution in [-0.2, 0) is 14.3 Å². The van der Waals surface area contributed by atoms with Crippen LogP contribution in [0.15, 0.2) is 59.2 Å². The molecule has 4 aliphatic rings. The number of aliphatic hydroxyl groups excluding tert-OH is 2. The highest BCUT2D eigenvalue weighted by molar-refractivity contribution is 5.90. The summed E-state index contributed by atoms with van der Waals surface area (Å²) in [6.45, 7) is 14.7. The molecule has 3 N–H and O–H groups in total. The predicted octanol–water partition coefficient (Wildman–Crippen LogP) is 8.35. The molecule has 0 aromatic heterocycles. The molecule has 0 amide bonds. The highest BCUT2D eigenvalue weighted by atomic mass is 16.5. The van der Waals surface area contributed by atoms with Crippen molar-refractivity contribution in [2.45, 2.75) is 118 Å². The Labute approximate surface area is 280 Å². The average molecular weight is 643 g/mol. The van der Waals surface area contributed by atoms with Crippen LogP contribution in [0.5, 0.6) is 0 Å². The molecule has 0 bridgehead atoms. The third-order valence-corrected chi connectivity index (χ3v) is 13.9. The molecule has 47 heavy (non-hydrogen) atoms. The zero-order valence-electron chi connectivity index (χ0n) is 29.3. The lowest BCUT2D eigenvalue weighted by Crippen LogP contribution is -2.65. The Hall–Kier alpha value is -2.96. The summed E-state index contributed by atoms with van der Waals surface area (Å²) in [5.41, 5.74) is 3.61. The Kier molecular flexibility index (Phi) is 8.79. The van der Waals surface area contributed by atoms with Crippen LogP contribution in [0.25, 0.3) is 16.3 Å². The molecule has 10 atom stereocenters. The zero-order chi connectivity index (χ0) is 34.1. The molecular formula is C41H54O6. The number of benzene rings is 2. The van der Waals surface area contributed by atoms with Gasteiger partial charge in [0.2, 0.25) is 0 Å². The maximum Gasteiger partial charge on any atom is 0.331 e. The number of carboxylic acid groups (broad SMARTS) is 1. The van der Waals surface area contributed by atoms with Gasteiger partial charge in [-0.25, -0.2) is 4.79 Å². The second-order valence-electron chi connectivity index (χ2n) is 16.4. The van der Waals surface area contributed by atoms with Crippen molar-refractivity contribution in [2.24, 2.45) is 39.9 Å². The number of esters is 1. The first kappa shape index (κ1) is 33.9. The lowest BCUT2D eigenvalue weighted by Gasteiger charge is -2.69. The van der Waals surface area contributed by atoms with Crippen LogP contribution in [0, 0.1) is 39.9 Å². The first-order valence-corrected chi connectivity index (χ1v) is 17.8. The van der Waals surface area contributed by atoms with E-state index in [-0.39, 0.29) is 40.1 Å². The Morgan fingerprint density at radius 2 is 1.60 bits per heavy atom. The van der Waals surface area contributed by atoms with E-state index in [0.717, 1.165) is 53.2 Å². The fourth-order valence-electron chi connectivity index (χ4n) is 11.6. The first-order chi connectivity index (χ1) is 22.1. The third-order valence-electron chi connectivity index (χ3n) is 13.9. The quantitative estimate of drug-likeness (QED) is 0.216. The van der Waals surface area contributed by atoms with Crippen molar-refractivity contribution in [1.29, 1.82) is 0 Å². The van der Waals surface area contributed by atoms with Gasteiger partial charge >= 0.3 is 11.9 Å². The smallest absolute Gasteiger partial charge is 0.331 e. The van der Waals surface area contributed by atoms with Gasteiger partial charge in [-0.2, -0.15) is 0 Å². The molecule has 6 rings (SSSR count). The number of carbonyl (C=O) groups is 2. The molecule has 4 fully saturated rings. The molecule has 1 unspecified atom stereocenters. The number of aliphatic hydroxyl groups is 2. The fourth-order valence-corrected chi connectivity index (χ4v) is 11.6. The van der Waals surface area contributed by atoms with Crippen molar-refractivity contribution in [3.8, 4) is 0 Å². The molecule has 2 aromatic carbocycles. The summed E-state index contributed by atoms with van der Waals surface area (Å²) in [5.74, 6) is -1.08. The Bertz CT molecular complexity index is 1630. The van der Waals surface area contributed by atoms with E-state index >= 15 is 0 Å². The Morgan fingerprint density at radius 1 is 0.894 bits per heavy atom. The average Bonchev–Trinajstić information content (AvgIpc) is 3.27. The van der Waals surface area contributed by atoms with Crippen molar-refractivity contribution >= 4 is 28.3 Å². The fraction of sp³-hybridized carbons (Fsp3) is 0.610. The summed E-state index contributed by atoms with van der Waals surface area (Å²) in [6, 6.07) is 14.7. The summed E-state index contributed by atoms with van der Waals surface area (Å²) in [6.07, 6.45) is 3.79. The summed E-state index contributed by atoms with van der Waals surface area (Å²) in [5, 5.41) is 36.1. The highest BCUT2D eigenvalue weighted by Crippen LogP contribution is 2.74. The van der Waals surface area contributed by atoms with E-state index in [2.05, 4.69) is 71.9 Å². The van der Waals surface area contributed by atoms with E-state index < -0.39 is 24.1 Å². The molecule has 0 heterocycles. The van der Waals surface area contributed by atoms with Crippen molar-refractivity contribution in [1.82, 2.24) is 0 Å². The van der Waals surface area contributed by atoms with Crippen LogP contribution in [0.3, 0.4) is 0 Å². The summed E-state index contributed by atoms with van der Waals surface area (Å²) in [4.78, 5) is 25.8. The number of fused-ring (bicyclic) bond motifs is 6. The number of allylic oxidation sites excluding steroid dienone is 2. The number of carboxylic acids is 1. The van der Waals surface area contributed by atoms with Crippen LogP contribution in [0.4, 0.5) is 0 Å². The van der Waals surface area contributed by atoms with E-state index in [1.165, 1.54) is 6.92 Å². The van der Waals surface area contributed by atoms with Crippen LogP contribution in [0.1, 0.15) is 105 Å². The van der Waals surface area contributed by atoms with Crippen LogP contribution < -0.4 is 0 Å². The number of hydrogen-bond acceptors (Lipinski definition) is 5. The minimum atomic E-state index is -0.972. The number of ether oxygens (including phenoxy) is 1. The number of hydrogen-bond donors (Lipinski definition) is 3. The van der Waals surface area contributed by atoms with Gasteiger partial charge in [0.05, 0.1) is 12.2 Å². The lowest BCUT2D eigenvalue weighted by atomic mass is 9.36. The van der Waals surface area contributed by atoms with Gasteiger partial charge < -0.3 is 20.1 Å². The van der Waals surface area contributed by atoms with E-state index in [0.29, 0.717) is 42.7 Å².